The second-order valence-corrected chi connectivity index (χ2v) is 5.44. The Bertz CT molecular complexity index is 654. The number of hydrogen-bond acceptors (Lipinski definition) is 3. The molecule has 0 aliphatic rings. The summed E-state index contributed by atoms with van der Waals surface area (Å²) < 4.78 is 2.15. The van der Waals surface area contributed by atoms with E-state index in [0.717, 1.165) is 11.3 Å². The molecular weight excluding hydrogens is 365 g/mol. The minimum Gasteiger partial charge on any atom is -0.398 e. The number of nitrogens with two attached hydrogens (primary N) is 1. The fraction of sp³-hybridized carbons (Fsp3) is 0.167. The molecule has 0 unspecified atom stereocenters. The number of nitrogen functional groups attached to an aromatic ring is 1. The molecule has 0 fully saturated rings. The van der Waals surface area contributed by atoms with Crippen molar-refractivity contribution in [3.05, 3.63) is 54.7 Å². The summed E-state index contributed by atoms with van der Waals surface area (Å²) >= 11 is 7.92. The highest BCUT2D eigenvalue weighted by atomic mass is 127. The van der Waals surface area contributed by atoms with E-state index in [0.29, 0.717) is 20.8 Å². The van der Waals surface area contributed by atoms with Crippen LogP contribution in [0.5, 0.6) is 0 Å². The maximum Gasteiger partial charge on any atom is 0.267 e. The summed E-state index contributed by atoms with van der Waals surface area (Å²) in [5, 5.41) is 0.599. The van der Waals surface area contributed by atoms with Crippen molar-refractivity contribution < 1.29 is 0 Å². The normalized spacial score (nSPS) is 10.6. The molecular formula is C12H11ClIN3O. The first-order valence-corrected chi connectivity index (χ1v) is 6.70. The van der Waals surface area contributed by atoms with E-state index < -0.39 is 0 Å². The van der Waals surface area contributed by atoms with Crippen LogP contribution >= 0.6 is 34.2 Å². The number of benzene rings is 1. The van der Waals surface area contributed by atoms with Gasteiger partial charge in [0.2, 0.25) is 0 Å². The first-order chi connectivity index (χ1) is 8.49. The number of aryl methyl sites for hydroxylation is 1. The summed E-state index contributed by atoms with van der Waals surface area (Å²) in [5.41, 5.74) is 7.95. The van der Waals surface area contributed by atoms with Crippen LogP contribution in [0.15, 0.2) is 29.3 Å². The van der Waals surface area contributed by atoms with E-state index in [9.17, 15) is 4.79 Å². The van der Waals surface area contributed by atoms with E-state index in [1.807, 2.05) is 22.6 Å². The molecule has 94 valence electrons. The molecule has 0 radical (unpaired) electrons. The van der Waals surface area contributed by atoms with Crippen LogP contribution in [-0.2, 0) is 6.54 Å². The Morgan fingerprint density at radius 2 is 2.22 bits per heavy atom. The van der Waals surface area contributed by atoms with Gasteiger partial charge in [0.15, 0.2) is 0 Å². The summed E-state index contributed by atoms with van der Waals surface area (Å²) in [5.74, 6) is 0. The third-order valence-corrected chi connectivity index (χ3v) is 4.08. The number of halogens is 2. The Kier molecular flexibility index (Phi) is 3.91. The zero-order valence-corrected chi connectivity index (χ0v) is 12.6. The summed E-state index contributed by atoms with van der Waals surface area (Å²) in [4.78, 5) is 16.2. The molecule has 6 heteroatoms. The van der Waals surface area contributed by atoms with Crippen LogP contribution in [0.1, 0.15) is 11.3 Å². The van der Waals surface area contributed by atoms with Gasteiger partial charge >= 0.3 is 0 Å². The minimum atomic E-state index is -0.0672. The van der Waals surface area contributed by atoms with Crippen LogP contribution in [-0.4, -0.2) is 9.55 Å². The lowest BCUT2D eigenvalue weighted by atomic mass is 10.2. The molecule has 4 nitrogen and oxygen atoms in total. The van der Waals surface area contributed by atoms with Crippen LogP contribution < -0.4 is 11.3 Å². The van der Waals surface area contributed by atoms with Crippen LogP contribution in [0.25, 0.3) is 0 Å². The predicted octanol–water partition coefficient (Wildman–Crippen LogP) is 2.44. The lowest BCUT2D eigenvalue weighted by Gasteiger charge is -2.09. The number of hydrogen-bond donors (Lipinski definition) is 1. The van der Waals surface area contributed by atoms with E-state index in [2.05, 4.69) is 4.98 Å². The smallest absolute Gasteiger partial charge is 0.267 e. The quantitative estimate of drug-likeness (QED) is 0.648. The molecule has 2 aromatic rings. The first-order valence-electron chi connectivity index (χ1n) is 5.24. The third kappa shape index (κ3) is 2.67. The largest absolute Gasteiger partial charge is 0.398 e. The fourth-order valence-electron chi connectivity index (χ4n) is 1.55. The highest BCUT2D eigenvalue weighted by Gasteiger charge is 2.07. The predicted molar refractivity (Wildman–Crippen MR) is 80.9 cm³/mol. The van der Waals surface area contributed by atoms with Crippen molar-refractivity contribution in [1.82, 2.24) is 9.55 Å². The molecule has 2 rings (SSSR count). The Hall–Kier alpha value is -1.08. The van der Waals surface area contributed by atoms with Crippen LogP contribution in [0.2, 0.25) is 5.02 Å². The van der Waals surface area contributed by atoms with Gasteiger partial charge in [0.1, 0.15) is 0 Å². The molecule has 0 aliphatic heterocycles. The number of aromatic nitrogens is 2. The number of rotatable bonds is 2. The van der Waals surface area contributed by atoms with Gasteiger partial charge in [-0.25, -0.2) is 4.98 Å². The molecule has 0 saturated carbocycles. The van der Waals surface area contributed by atoms with Crippen molar-refractivity contribution >= 4 is 39.9 Å². The zero-order chi connectivity index (χ0) is 13.3. The van der Waals surface area contributed by atoms with Gasteiger partial charge in [0.05, 0.1) is 22.1 Å². The van der Waals surface area contributed by atoms with E-state index in [1.54, 1.807) is 25.1 Å². The lowest BCUT2D eigenvalue weighted by molar-refractivity contribution is 0.725. The summed E-state index contributed by atoms with van der Waals surface area (Å²) in [6.07, 6.45) is 1.53. The van der Waals surface area contributed by atoms with Crippen molar-refractivity contribution in [3.63, 3.8) is 0 Å². The van der Waals surface area contributed by atoms with Crippen molar-refractivity contribution in [2.75, 3.05) is 5.73 Å². The summed E-state index contributed by atoms with van der Waals surface area (Å²) in [7, 11) is 0. The highest BCUT2D eigenvalue weighted by Crippen LogP contribution is 2.18. The molecule has 0 saturated heterocycles. The topological polar surface area (TPSA) is 60.9 Å². The molecule has 2 N–H and O–H groups in total. The zero-order valence-electron chi connectivity index (χ0n) is 9.65. The van der Waals surface area contributed by atoms with E-state index in [4.69, 9.17) is 17.3 Å². The first kappa shape index (κ1) is 13.4. The molecule has 0 aliphatic carbocycles. The molecule has 0 amide bonds. The van der Waals surface area contributed by atoms with Gasteiger partial charge in [-0.3, -0.25) is 9.36 Å². The van der Waals surface area contributed by atoms with Crippen LogP contribution in [0.3, 0.4) is 0 Å². The highest BCUT2D eigenvalue weighted by molar-refractivity contribution is 14.1. The van der Waals surface area contributed by atoms with Gasteiger partial charge in [-0.1, -0.05) is 11.6 Å². The van der Waals surface area contributed by atoms with Crippen LogP contribution in [0.4, 0.5) is 5.69 Å². The monoisotopic (exact) mass is 375 g/mol. The lowest BCUT2D eigenvalue weighted by Crippen LogP contribution is -2.24. The Morgan fingerprint density at radius 3 is 2.94 bits per heavy atom. The van der Waals surface area contributed by atoms with E-state index >= 15 is 0 Å². The van der Waals surface area contributed by atoms with Crippen molar-refractivity contribution in [2.24, 2.45) is 0 Å². The van der Waals surface area contributed by atoms with Crippen molar-refractivity contribution in [3.8, 4) is 0 Å². The molecule has 1 heterocycles. The Morgan fingerprint density at radius 1 is 1.50 bits per heavy atom. The number of nitrogens with zero attached hydrogens (tertiary/aromatic N) is 2. The molecule has 0 bridgehead atoms. The van der Waals surface area contributed by atoms with E-state index in [-0.39, 0.29) is 5.56 Å². The van der Waals surface area contributed by atoms with Gasteiger partial charge in [0, 0.05) is 10.7 Å². The second-order valence-electron chi connectivity index (χ2n) is 3.92. The van der Waals surface area contributed by atoms with Crippen LogP contribution in [0, 0.1) is 10.5 Å². The number of anilines is 1. The molecule has 0 spiro atoms. The average molecular weight is 376 g/mol. The second kappa shape index (κ2) is 5.27. The summed E-state index contributed by atoms with van der Waals surface area (Å²) in [6.45, 7) is 2.18. The average Bonchev–Trinajstić information content (AvgIpc) is 2.34. The Balaban J connectivity index is 2.44. The van der Waals surface area contributed by atoms with Gasteiger partial charge in [-0.15, -0.1) is 0 Å². The molecule has 1 aromatic heterocycles. The van der Waals surface area contributed by atoms with E-state index in [1.165, 1.54) is 10.9 Å². The molecule has 1 aromatic carbocycles. The van der Waals surface area contributed by atoms with Gasteiger partial charge < -0.3 is 5.73 Å². The van der Waals surface area contributed by atoms with Crippen molar-refractivity contribution in [2.45, 2.75) is 13.5 Å². The Labute approximate surface area is 123 Å². The third-order valence-electron chi connectivity index (χ3n) is 2.60. The molecule has 0 atom stereocenters. The van der Waals surface area contributed by atoms with Gasteiger partial charge in [-0.2, -0.15) is 0 Å². The van der Waals surface area contributed by atoms with Gasteiger partial charge in [-0.05, 0) is 53.3 Å². The van der Waals surface area contributed by atoms with Crippen molar-refractivity contribution in [1.29, 1.82) is 0 Å². The SMILES string of the molecule is Cc1ncn(Cc2cc(Cl)ccc2N)c(=O)c1I. The fourth-order valence-corrected chi connectivity index (χ4v) is 2.20. The maximum atomic E-state index is 12.0. The summed E-state index contributed by atoms with van der Waals surface area (Å²) in [6, 6.07) is 5.21. The maximum absolute atomic E-state index is 12.0. The van der Waals surface area contributed by atoms with Gasteiger partial charge in [0.25, 0.3) is 5.56 Å². The molecule has 18 heavy (non-hydrogen) atoms. The standard InChI is InChI=1S/C12H11ClIN3O/c1-7-11(14)12(18)17(6-16-7)5-8-4-9(13)2-3-10(8)15/h2-4,6H,5,15H2,1H3. The minimum absolute atomic E-state index is 0.0672.